The van der Waals surface area contributed by atoms with Crippen molar-refractivity contribution < 1.29 is 19.5 Å². The van der Waals surface area contributed by atoms with E-state index in [1.54, 1.807) is 23.9 Å². The smallest absolute Gasteiger partial charge is 0.317 e. The normalized spacial score (nSPS) is 24.2. The summed E-state index contributed by atoms with van der Waals surface area (Å²) in [5.74, 6) is -0.116. The van der Waals surface area contributed by atoms with Crippen molar-refractivity contribution in [3.8, 4) is 0 Å². The number of carbonyl (C=O) groups is 3. The molecule has 2 aliphatic rings. The standard InChI is InChI=1S/C15H26N4O4/c1-17(2)14(23)16-10-12(21)19-7-5-15(11-19)4-3-6-18(8-9-20)13(15)22/h20H,3-11H2,1-2H3,(H,16,23). The quantitative estimate of drug-likeness (QED) is 0.699. The molecule has 0 aromatic carbocycles. The molecular formula is C15H26N4O4. The lowest BCUT2D eigenvalue weighted by atomic mass is 9.78. The fraction of sp³-hybridized carbons (Fsp3) is 0.800. The molecule has 2 heterocycles. The second-order valence-electron chi connectivity index (χ2n) is 6.52. The number of urea groups is 1. The minimum atomic E-state index is -0.505. The Bertz CT molecular complexity index is 480. The first-order valence-electron chi connectivity index (χ1n) is 8.03. The number of β-amino-alcohol motifs (C(OH)–C–C–N with tert-alkyl or cyclic N) is 1. The zero-order valence-electron chi connectivity index (χ0n) is 13.9. The van der Waals surface area contributed by atoms with Gasteiger partial charge in [0.2, 0.25) is 11.8 Å². The van der Waals surface area contributed by atoms with Crippen molar-refractivity contribution in [1.29, 1.82) is 0 Å². The minimum Gasteiger partial charge on any atom is -0.395 e. The van der Waals surface area contributed by atoms with Crippen LogP contribution < -0.4 is 5.32 Å². The zero-order valence-corrected chi connectivity index (χ0v) is 13.9. The third-order valence-corrected chi connectivity index (χ3v) is 4.70. The summed E-state index contributed by atoms with van der Waals surface area (Å²) in [5, 5.41) is 11.6. The van der Waals surface area contributed by atoms with Gasteiger partial charge >= 0.3 is 6.03 Å². The highest BCUT2D eigenvalue weighted by Gasteiger charge is 2.49. The highest BCUT2D eigenvalue weighted by atomic mass is 16.3. The predicted molar refractivity (Wildman–Crippen MR) is 83.6 cm³/mol. The van der Waals surface area contributed by atoms with E-state index in [0.29, 0.717) is 32.6 Å². The van der Waals surface area contributed by atoms with Crippen LogP contribution in [0.2, 0.25) is 0 Å². The molecular weight excluding hydrogens is 300 g/mol. The summed E-state index contributed by atoms with van der Waals surface area (Å²) in [6, 6.07) is -0.310. The molecule has 0 aliphatic carbocycles. The number of carbonyl (C=O) groups excluding carboxylic acids is 3. The van der Waals surface area contributed by atoms with E-state index >= 15 is 0 Å². The molecule has 23 heavy (non-hydrogen) atoms. The van der Waals surface area contributed by atoms with E-state index in [2.05, 4.69) is 5.32 Å². The number of nitrogens with one attached hydrogen (secondary N) is 1. The van der Waals surface area contributed by atoms with Crippen molar-refractivity contribution in [1.82, 2.24) is 20.0 Å². The molecule has 2 saturated heterocycles. The fourth-order valence-electron chi connectivity index (χ4n) is 3.37. The van der Waals surface area contributed by atoms with Gasteiger partial charge in [0, 0.05) is 40.3 Å². The Labute approximate surface area is 136 Å². The van der Waals surface area contributed by atoms with Crippen molar-refractivity contribution in [2.24, 2.45) is 5.41 Å². The first-order valence-corrected chi connectivity index (χ1v) is 8.03. The lowest BCUT2D eigenvalue weighted by Gasteiger charge is -2.39. The zero-order chi connectivity index (χ0) is 17.0. The maximum atomic E-state index is 12.7. The van der Waals surface area contributed by atoms with Crippen LogP contribution in [0, 0.1) is 5.41 Å². The van der Waals surface area contributed by atoms with Gasteiger partial charge in [-0.1, -0.05) is 0 Å². The summed E-state index contributed by atoms with van der Waals surface area (Å²) in [6.07, 6.45) is 2.33. The number of likely N-dealkylation sites (tertiary alicyclic amines) is 2. The molecule has 2 aliphatic heterocycles. The van der Waals surface area contributed by atoms with Gasteiger partial charge in [-0.2, -0.15) is 0 Å². The van der Waals surface area contributed by atoms with Gasteiger partial charge in [0.15, 0.2) is 0 Å². The van der Waals surface area contributed by atoms with E-state index < -0.39 is 5.41 Å². The largest absolute Gasteiger partial charge is 0.395 e. The van der Waals surface area contributed by atoms with Gasteiger partial charge in [0.25, 0.3) is 0 Å². The molecule has 0 aromatic heterocycles. The van der Waals surface area contributed by atoms with E-state index in [9.17, 15) is 14.4 Å². The second-order valence-corrected chi connectivity index (χ2v) is 6.52. The number of hydrogen-bond donors (Lipinski definition) is 2. The van der Waals surface area contributed by atoms with E-state index in [1.165, 1.54) is 4.90 Å². The summed E-state index contributed by atoms with van der Waals surface area (Å²) in [5.41, 5.74) is -0.505. The molecule has 8 heteroatoms. The average Bonchev–Trinajstić information content (AvgIpc) is 2.94. The van der Waals surface area contributed by atoms with Crippen LogP contribution in [0.1, 0.15) is 19.3 Å². The number of aliphatic hydroxyl groups excluding tert-OH is 1. The molecule has 1 atom stereocenters. The fourth-order valence-corrected chi connectivity index (χ4v) is 3.37. The topological polar surface area (TPSA) is 93.2 Å². The lowest BCUT2D eigenvalue weighted by Crippen LogP contribution is -2.51. The summed E-state index contributed by atoms with van der Waals surface area (Å²) < 4.78 is 0. The summed E-state index contributed by atoms with van der Waals surface area (Å²) in [6.45, 7) is 1.88. The predicted octanol–water partition coefficient (Wildman–Crippen LogP) is -0.909. The maximum Gasteiger partial charge on any atom is 0.317 e. The van der Waals surface area contributed by atoms with E-state index in [-0.39, 0.29) is 31.0 Å². The third-order valence-electron chi connectivity index (χ3n) is 4.70. The summed E-state index contributed by atoms with van der Waals surface area (Å²) in [7, 11) is 3.22. The molecule has 0 radical (unpaired) electrons. The minimum absolute atomic E-state index is 0.0406. The Morgan fingerprint density at radius 1 is 1.30 bits per heavy atom. The van der Waals surface area contributed by atoms with Gasteiger partial charge in [-0.3, -0.25) is 9.59 Å². The van der Waals surface area contributed by atoms with Gasteiger partial charge in [0.05, 0.1) is 18.6 Å². The highest BCUT2D eigenvalue weighted by molar-refractivity contribution is 5.87. The first kappa shape index (κ1) is 17.5. The average molecular weight is 326 g/mol. The molecule has 8 nitrogen and oxygen atoms in total. The number of amides is 4. The lowest BCUT2D eigenvalue weighted by molar-refractivity contribution is -0.146. The molecule has 1 spiro atoms. The SMILES string of the molecule is CN(C)C(=O)NCC(=O)N1CCC2(CCCN(CCO)C2=O)C1. The number of piperidine rings is 1. The third kappa shape index (κ3) is 3.74. The highest BCUT2D eigenvalue weighted by Crippen LogP contribution is 2.39. The van der Waals surface area contributed by atoms with Crippen LogP contribution >= 0.6 is 0 Å². The van der Waals surface area contributed by atoms with Crippen molar-refractivity contribution in [2.45, 2.75) is 19.3 Å². The van der Waals surface area contributed by atoms with E-state index in [1.807, 2.05) is 0 Å². The Kier molecular flexibility index (Phi) is 5.46. The summed E-state index contributed by atoms with van der Waals surface area (Å²) in [4.78, 5) is 41.1. The second kappa shape index (κ2) is 7.16. The van der Waals surface area contributed by atoms with Crippen LogP contribution in [0.25, 0.3) is 0 Å². The summed E-state index contributed by atoms with van der Waals surface area (Å²) >= 11 is 0. The Morgan fingerprint density at radius 3 is 2.70 bits per heavy atom. The van der Waals surface area contributed by atoms with E-state index in [4.69, 9.17) is 5.11 Å². The van der Waals surface area contributed by atoms with Gasteiger partial charge in [0.1, 0.15) is 0 Å². The van der Waals surface area contributed by atoms with Crippen LogP contribution in [-0.4, -0.2) is 91.1 Å². The number of hydrogen-bond acceptors (Lipinski definition) is 4. The number of nitrogens with zero attached hydrogens (tertiary/aromatic N) is 3. The van der Waals surface area contributed by atoms with Gasteiger partial charge in [-0.15, -0.1) is 0 Å². The van der Waals surface area contributed by atoms with E-state index in [0.717, 1.165) is 12.8 Å². The van der Waals surface area contributed by atoms with Gasteiger partial charge < -0.3 is 25.1 Å². The molecule has 0 bridgehead atoms. The van der Waals surface area contributed by atoms with Crippen LogP contribution in [0.4, 0.5) is 4.79 Å². The Balaban J connectivity index is 1.93. The van der Waals surface area contributed by atoms with Crippen LogP contribution in [-0.2, 0) is 9.59 Å². The van der Waals surface area contributed by atoms with Crippen molar-refractivity contribution in [3.63, 3.8) is 0 Å². The van der Waals surface area contributed by atoms with Gasteiger partial charge in [-0.05, 0) is 19.3 Å². The van der Waals surface area contributed by atoms with Crippen LogP contribution in [0.5, 0.6) is 0 Å². The molecule has 1 unspecified atom stereocenters. The first-order chi connectivity index (χ1) is 10.9. The molecule has 2 rings (SSSR count). The molecule has 4 amide bonds. The molecule has 0 aromatic rings. The molecule has 0 saturated carbocycles. The Morgan fingerprint density at radius 2 is 2.04 bits per heavy atom. The molecule has 2 fully saturated rings. The van der Waals surface area contributed by atoms with Crippen molar-refractivity contribution in [3.05, 3.63) is 0 Å². The monoisotopic (exact) mass is 326 g/mol. The van der Waals surface area contributed by atoms with Crippen molar-refractivity contribution >= 4 is 17.8 Å². The maximum absolute atomic E-state index is 12.7. The van der Waals surface area contributed by atoms with Crippen LogP contribution in [0.15, 0.2) is 0 Å². The Hall–Kier alpha value is -1.83. The molecule has 2 N–H and O–H groups in total. The number of aliphatic hydroxyl groups is 1. The van der Waals surface area contributed by atoms with Crippen LogP contribution in [0.3, 0.4) is 0 Å². The number of rotatable bonds is 4. The molecule has 130 valence electrons. The van der Waals surface area contributed by atoms with Crippen molar-refractivity contribution in [2.75, 3.05) is 53.4 Å². The van der Waals surface area contributed by atoms with Gasteiger partial charge in [-0.25, -0.2) is 4.79 Å².